The van der Waals surface area contributed by atoms with Crippen LogP contribution in [0.5, 0.6) is 0 Å². The number of carbonyl (C=O) groups is 2. The number of rotatable bonds is 3. The standard InChI is InChI=1S/C12H13ClN2O4/c13-8-1-2-10(14-6-8)12(18)15-3-4-19-9(7-15)5-11(16)17/h1-2,6,9H,3-5,7H2,(H,16,17)/t9-/m1/s1. The molecule has 19 heavy (non-hydrogen) atoms. The van der Waals surface area contributed by atoms with Crippen LogP contribution in [0, 0.1) is 0 Å². The topological polar surface area (TPSA) is 79.7 Å². The third kappa shape index (κ3) is 3.65. The molecular weight excluding hydrogens is 272 g/mol. The number of amides is 1. The third-order valence-corrected chi connectivity index (χ3v) is 3.00. The predicted octanol–water partition coefficient (Wildman–Crippen LogP) is 1.05. The molecule has 1 aliphatic heterocycles. The first kappa shape index (κ1) is 13.8. The Bertz CT molecular complexity index is 477. The van der Waals surface area contributed by atoms with Crippen molar-refractivity contribution in [2.45, 2.75) is 12.5 Å². The maximum atomic E-state index is 12.2. The van der Waals surface area contributed by atoms with E-state index in [4.69, 9.17) is 21.4 Å². The van der Waals surface area contributed by atoms with E-state index in [1.54, 1.807) is 17.0 Å². The van der Waals surface area contributed by atoms with Crippen molar-refractivity contribution in [1.82, 2.24) is 9.88 Å². The Labute approximate surface area is 114 Å². The van der Waals surface area contributed by atoms with Gasteiger partial charge in [-0.05, 0) is 12.1 Å². The Morgan fingerprint density at radius 2 is 2.32 bits per heavy atom. The SMILES string of the molecule is O=C(O)C[C@@H]1CN(C(=O)c2ccc(Cl)cn2)CCO1. The smallest absolute Gasteiger partial charge is 0.306 e. The quantitative estimate of drug-likeness (QED) is 0.897. The summed E-state index contributed by atoms with van der Waals surface area (Å²) in [7, 11) is 0. The third-order valence-electron chi connectivity index (χ3n) is 2.77. The summed E-state index contributed by atoms with van der Waals surface area (Å²) >= 11 is 5.71. The van der Waals surface area contributed by atoms with Gasteiger partial charge in [0.1, 0.15) is 5.69 Å². The number of morpholine rings is 1. The molecule has 2 rings (SSSR count). The molecule has 102 valence electrons. The van der Waals surface area contributed by atoms with Gasteiger partial charge in [0, 0.05) is 19.3 Å². The average molecular weight is 285 g/mol. The summed E-state index contributed by atoms with van der Waals surface area (Å²) < 4.78 is 5.31. The maximum Gasteiger partial charge on any atom is 0.306 e. The predicted molar refractivity (Wildman–Crippen MR) is 67.1 cm³/mol. The maximum absolute atomic E-state index is 12.2. The van der Waals surface area contributed by atoms with Gasteiger partial charge in [0.15, 0.2) is 0 Å². The van der Waals surface area contributed by atoms with Crippen molar-refractivity contribution < 1.29 is 19.4 Å². The Morgan fingerprint density at radius 3 is 2.95 bits per heavy atom. The number of halogens is 1. The molecule has 0 saturated carbocycles. The second kappa shape index (κ2) is 5.99. The minimum Gasteiger partial charge on any atom is -0.481 e. The first-order chi connectivity index (χ1) is 9.06. The fraction of sp³-hybridized carbons (Fsp3) is 0.417. The van der Waals surface area contributed by atoms with E-state index in [1.807, 2.05) is 0 Å². The summed E-state index contributed by atoms with van der Waals surface area (Å²) in [4.78, 5) is 28.3. The number of hydrogen-bond donors (Lipinski definition) is 1. The molecule has 0 spiro atoms. The summed E-state index contributed by atoms with van der Waals surface area (Å²) in [6.45, 7) is 1.02. The highest BCUT2D eigenvalue weighted by Crippen LogP contribution is 2.13. The highest BCUT2D eigenvalue weighted by molar-refractivity contribution is 6.30. The van der Waals surface area contributed by atoms with Crippen LogP contribution in [0.3, 0.4) is 0 Å². The van der Waals surface area contributed by atoms with Crippen molar-refractivity contribution >= 4 is 23.5 Å². The molecule has 0 aliphatic carbocycles. The van der Waals surface area contributed by atoms with E-state index in [1.165, 1.54) is 6.20 Å². The van der Waals surface area contributed by atoms with Gasteiger partial charge in [-0.2, -0.15) is 0 Å². The van der Waals surface area contributed by atoms with Crippen molar-refractivity contribution in [3.8, 4) is 0 Å². The zero-order valence-corrected chi connectivity index (χ0v) is 10.8. The molecule has 0 aromatic carbocycles. The van der Waals surface area contributed by atoms with Gasteiger partial charge in [0.25, 0.3) is 5.91 Å². The van der Waals surface area contributed by atoms with E-state index in [-0.39, 0.29) is 18.9 Å². The zero-order valence-electron chi connectivity index (χ0n) is 10.1. The van der Waals surface area contributed by atoms with Gasteiger partial charge >= 0.3 is 5.97 Å². The van der Waals surface area contributed by atoms with Crippen molar-refractivity contribution in [3.05, 3.63) is 29.0 Å². The van der Waals surface area contributed by atoms with Crippen LogP contribution >= 0.6 is 11.6 Å². The molecule has 0 bridgehead atoms. The number of pyridine rings is 1. The Balaban J connectivity index is 2.02. The summed E-state index contributed by atoms with van der Waals surface area (Å²) in [5.74, 6) is -1.18. The number of hydrogen-bond acceptors (Lipinski definition) is 4. The number of aromatic nitrogens is 1. The van der Waals surface area contributed by atoms with Crippen LogP contribution in [0.4, 0.5) is 0 Å². The summed E-state index contributed by atoms with van der Waals surface area (Å²) in [5, 5.41) is 9.19. The highest BCUT2D eigenvalue weighted by atomic mass is 35.5. The minimum absolute atomic E-state index is 0.113. The zero-order chi connectivity index (χ0) is 13.8. The Kier molecular flexibility index (Phi) is 4.34. The van der Waals surface area contributed by atoms with Crippen molar-refractivity contribution in [3.63, 3.8) is 0 Å². The summed E-state index contributed by atoms with van der Waals surface area (Å²) in [6.07, 6.45) is 0.824. The molecule has 0 radical (unpaired) electrons. The van der Waals surface area contributed by atoms with E-state index in [0.717, 1.165) is 0 Å². The number of carbonyl (C=O) groups excluding carboxylic acids is 1. The Morgan fingerprint density at radius 1 is 1.53 bits per heavy atom. The van der Waals surface area contributed by atoms with Crippen molar-refractivity contribution in [1.29, 1.82) is 0 Å². The summed E-state index contributed by atoms with van der Waals surface area (Å²) in [5.41, 5.74) is 0.292. The van der Waals surface area contributed by atoms with Crippen LogP contribution in [0.15, 0.2) is 18.3 Å². The fourth-order valence-corrected chi connectivity index (χ4v) is 2.00. The van der Waals surface area contributed by atoms with Gasteiger partial charge in [-0.15, -0.1) is 0 Å². The Hall–Kier alpha value is -1.66. The first-order valence-corrected chi connectivity index (χ1v) is 6.18. The molecule has 1 aliphatic rings. The van der Waals surface area contributed by atoms with E-state index in [9.17, 15) is 9.59 Å². The molecule has 1 amide bonds. The van der Waals surface area contributed by atoms with Crippen LogP contribution in [0.2, 0.25) is 5.02 Å². The largest absolute Gasteiger partial charge is 0.481 e. The molecule has 7 heteroatoms. The van der Waals surface area contributed by atoms with Gasteiger partial charge in [0.2, 0.25) is 0 Å². The van der Waals surface area contributed by atoms with Gasteiger partial charge in [-0.25, -0.2) is 4.98 Å². The number of carboxylic acid groups (broad SMARTS) is 1. The molecule has 6 nitrogen and oxygen atoms in total. The van der Waals surface area contributed by atoms with Crippen LogP contribution in [0.1, 0.15) is 16.9 Å². The normalized spacial score (nSPS) is 19.2. The lowest BCUT2D eigenvalue weighted by atomic mass is 10.2. The van der Waals surface area contributed by atoms with Crippen LogP contribution in [-0.2, 0) is 9.53 Å². The summed E-state index contributed by atoms with van der Waals surface area (Å²) in [6, 6.07) is 3.14. The molecular formula is C12H13ClN2O4. The molecule has 1 aromatic heterocycles. The van der Waals surface area contributed by atoms with E-state index in [2.05, 4.69) is 4.98 Å². The second-order valence-corrected chi connectivity index (χ2v) is 4.64. The van der Waals surface area contributed by atoms with Crippen LogP contribution in [0.25, 0.3) is 0 Å². The molecule has 2 heterocycles. The molecule has 0 unspecified atom stereocenters. The van der Waals surface area contributed by atoms with Gasteiger partial charge in [-0.1, -0.05) is 11.6 Å². The molecule has 1 atom stereocenters. The molecule has 1 N–H and O–H groups in total. The van der Waals surface area contributed by atoms with Crippen molar-refractivity contribution in [2.75, 3.05) is 19.7 Å². The number of ether oxygens (including phenoxy) is 1. The highest BCUT2D eigenvalue weighted by Gasteiger charge is 2.27. The van der Waals surface area contributed by atoms with Crippen molar-refractivity contribution in [2.24, 2.45) is 0 Å². The number of carboxylic acids is 1. The fourth-order valence-electron chi connectivity index (χ4n) is 1.89. The number of nitrogens with zero attached hydrogens (tertiary/aromatic N) is 2. The van der Waals surface area contributed by atoms with E-state index in [0.29, 0.717) is 23.9 Å². The lowest BCUT2D eigenvalue weighted by Crippen LogP contribution is -2.46. The lowest BCUT2D eigenvalue weighted by Gasteiger charge is -2.32. The monoisotopic (exact) mass is 284 g/mol. The van der Waals surface area contributed by atoms with Gasteiger partial charge in [-0.3, -0.25) is 9.59 Å². The van der Waals surface area contributed by atoms with Crippen LogP contribution < -0.4 is 0 Å². The van der Waals surface area contributed by atoms with E-state index < -0.39 is 12.1 Å². The minimum atomic E-state index is -0.941. The lowest BCUT2D eigenvalue weighted by molar-refractivity contribution is -0.141. The molecule has 1 aromatic rings. The van der Waals surface area contributed by atoms with Gasteiger partial charge in [0.05, 0.1) is 24.2 Å². The van der Waals surface area contributed by atoms with Gasteiger partial charge < -0.3 is 14.7 Å². The van der Waals surface area contributed by atoms with Crippen LogP contribution in [-0.4, -0.2) is 52.7 Å². The number of aliphatic carboxylic acids is 1. The second-order valence-electron chi connectivity index (χ2n) is 4.20. The molecule has 1 fully saturated rings. The first-order valence-electron chi connectivity index (χ1n) is 5.80. The molecule has 1 saturated heterocycles. The van der Waals surface area contributed by atoms with E-state index >= 15 is 0 Å². The average Bonchev–Trinajstić information content (AvgIpc) is 2.38.